The second-order valence-corrected chi connectivity index (χ2v) is 7.21. The van der Waals surface area contributed by atoms with Gasteiger partial charge in [-0.2, -0.15) is 5.26 Å². The van der Waals surface area contributed by atoms with E-state index in [9.17, 15) is 14.9 Å². The van der Waals surface area contributed by atoms with Crippen LogP contribution in [0.3, 0.4) is 0 Å². The van der Waals surface area contributed by atoms with Crippen LogP contribution in [0.1, 0.15) is 5.56 Å². The highest BCUT2D eigenvalue weighted by Crippen LogP contribution is 2.34. The Bertz CT molecular complexity index is 1410. The van der Waals surface area contributed by atoms with Crippen LogP contribution in [-0.2, 0) is 14.3 Å². The molecular formula is C25H20N4O6. The minimum Gasteiger partial charge on any atom is -0.493 e. The number of nitriles is 1. The third-order valence-corrected chi connectivity index (χ3v) is 4.99. The van der Waals surface area contributed by atoms with Crippen LogP contribution in [0.25, 0.3) is 10.9 Å². The van der Waals surface area contributed by atoms with E-state index in [1.165, 1.54) is 13.4 Å². The summed E-state index contributed by atoms with van der Waals surface area (Å²) >= 11 is 0. The number of rotatable bonds is 9. The third-order valence-electron chi connectivity index (χ3n) is 4.99. The summed E-state index contributed by atoms with van der Waals surface area (Å²) in [5.41, 5.74) is 0.794. The molecule has 1 heterocycles. The lowest BCUT2D eigenvalue weighted by atomic mass is 10.1. The van der Waals surface area contributed by atoms with Gasteiger partial charge in [0, 0.05) is 30.7 Å². The second-order valence-electron chi connectivity index (χ2n) is 7.21. The van der Waals surface area contributed by atoms with Crippen molar-refractivity contribution in [1.29, 1.82) is 5.26 Å². The summed E-state index contributed by atoms with van der Waals surface area (Å²) in [6, 6.07) is 11.8. The molecule has 0 radical (unpaired) electrons. The number of hydrogen-bond acceptors (Lipinski definition) is 10. The molecule has 0 unspecified atom stereocenters. The van der Waals surface area contributed by atoms with Crippen LogP contribution in [0.15, 0.2) is 66.3 Å². The first-order valence-electron chi connectivity index (χ1n) is 10.4. The highest BCUT2D eigenvalue weighted by molar-refractivity contribution is 6.20. The van der Waals surface area contributed by atoms with E-state index in [0.29, 0.717) is 41.4 Å². The Morgan fingerprint density at radius 1 is 0.971 bits per heavy atom. The fraction of sp³-hybridized carbons (Fsp3) is 0.160. The van der Waals surface area contributed by atoms with Gasteiger partial charge in [0.25, 0.3) is 0 Å². The Kier molecular flexibility index (Phi) is 6.99. The number of para-hydroxylation sites is 1. The van der Waals surface area contributed by atoms with Gasteiger partial charge in [-0.15, -0.1) is 0 Å². The van der Waals surface area contributed by atoms with E-state index >= 15 is 0 Å². The van der Waals surface area contributed by atoms with Gasteiger partial charge in [0.2, 0.25) is 11.6 Å². The van der Waals surface area contributed by atoms with Crippen molar-refractivity contribution in [3.8, 4) is 23.3 Å². The summed E-state index contributed by atoms with van der Waals surface area (Å²) in [4.78, 5) is 33.9. The molecular weight excluding hydrogens is 452 g/mol. The first kappa shape index (κ1) is 23.4. The zero-order chi connectivity index (χ0) is 24.8. The highest BCUT2D eigenvalue weighted by Gasteiger charge is 2.24. The highest BCUT2D eigenvalue weighted by atomic mass is 16.5. The Hall–Kier alpha value is -4.75. The maximum Gasteiger partial charge on any atom is 0.223 e. The number of allylic oxidation sites excluding steroid dienone is 2. The average Bonchev–Trinajstić information content (AvgIpc) is 2.87. The minimum atomic E-state index is -0.537. The van der Waals surface area contributed by atoms with Crippen molar-refractivity contribution in [1.82, 2.24) is 9.97 Å². The number of carbonyl (C=O) groups is 2. The molecule has 0 saturated heterocycles. The van der Waals surface area contributed by atoms with Crippen LogP contribution in [-0.4, -0.2) is 49.0 Å². The number of ether oxygens (including phenoxy) is 4. The normalized spacial score (nSPS) is 13.1. The monoisotopic (exact) mass is 472 g/mol. The molecule has 2 aromatic carbocycles. The summed E-state index contributed by atoms with van der Waals surface area (Å²) in [6.07, 6.45) is 3.53. The lowest BCUT2D eigenvalue weighted by Gasteiger charge is -2.16. The lowest BCUT2D eigenvalue weighted by Crippen LogP contribution is -2.21. The van der Waals surface area contributed by atoms with Crippen molar-refractivity contribution in [2.24, 2.45) is 0 Å². The summed E-state index contributed by atoms with van der Waals surface area (Å²) in [5, 5.41) is 12.7. The zero-order valence-corrected chi connectivity index (χ0v) is 18.9. The van der Waals surface area contributed by atoms with Crippen LogP contribution in [0, 0.1) is 11.3 Å². The molecule has 1 aromatic heterocycles. The van der Waals surface area contributed by atoms with Crippen molar-refractivity contribution < 1.29 is 28.5 Å². The van der Waals surface area contributed by atoms with Crippen LogP contribution < -0.4 is 19.5 Å². The first-order chi connectivity index (χ1) is 17.0. The van der Waals surface area contributed by atoms with Crippen molar-refractivity contribution in [2.75, 3.05) is 32.8 Å². The van der Waals surface area contributed by atoms with Gasteiger partial charge >= 0.3 is 0 Å². The van der Waals surface area contributed by atoms with E-state index in [0.717, 1.165) is 12.2 Å². The SMILES string of the molecule is COCCOc1cc2ncnc(NC3=CC(=O)C(Oc4ccccc4C#N)=CC3=O)c2cc1OC. The number of benzene rings is 2. The maximum atomic E-state index is 12.8. The molecule has 0 saturated carbocycles. The van der Waals surface area contributed by atoms with E-state index in [2.05, 4.69) is 15.3 Å². The second kappa shape index (κ2) is 10.5. The van der Waals surface area contributed by atoms with E-state index in [-0.39, 0.29) is 22.8 Å². The van der Waals surface area contributed by atoms with Crippen LogP contribution >= 0.6 is 0 Å². The third kappa shape index (κ3) is 5.10. The number of nitrogens with one attached hydrogen (secondary N) is 1. The number of ketones is 2. The number of anilines is 1. The quantitative estimate of drug-likeness (QED) is 0.366. The Labute approximate surface area is 200 Å². The van der Waals surface area contributed by atoms with E-state index in [4.69, 9.17) is 18.9 Å². The van der Waals surface area contributed by atoms with Gasteiger partial charge in [-0.3, -0.25) is 9.59 Å². The van der Waals surface area contributed by atoms with E-state index in [1.807, 2.05) is 6.07 Å². The molecule has 1 aliphatic rings. The largest absolute Gasteiger partial charge is 0.493 e. The predicted octanol–water partition coefficient (Wildman–Crippen LogP) is 2.95. The molecule has 0 aliphatic heterocycles. The van der Waals surface area contributed by atoms with Crippen molar-refractivity contribution in [2.45, 2.75) is 0 Å². The number of methoxy groups -OCH3 is 2. The number of fused-ring (bicyclic) bond motifs is 1. The first-order valence-corrected chi connectivity index (χ1v) is 10.4. The molecule has 35 heavy (non-hydrogen) atoms. The molecule has 10 nitrogen and oxygen atoms in total. The predicted molar refractivity (Wildman–Crippen MR) is 125 cm³/mol. The number of aromatic nitrogens is 2. The van der Waals surface area contributed by atoms with Crippen LogP contribution in [0.5, 0.6) is 17.2 Å². The van der Waals surface area contributed by atoms with Gasteiger partial charge in [-0.1, -0.05) is 12.1 Å². The molecule has 4 rings (SSSR count). The Morgan fingerprint density at radius 2 is 1.80 bits per heavy atom. The fourth-order valence-electron chi connectivity index (χ4n) is 3.28. The van der Waals surface area contributed by atoms with Gasteiger partial charge in [0.05, 0.1) is 30.5 Å². The van der Waals surface area contributed by atoms with Gasteiger partial charge in [-0.05, 0) is 18.2 Å². The fourth-order valence-corrected chi connectivity index (χ4v) is 3.28. The molecule has 0 atom stereocenters. The summed E-state index contributed by atoms with van der Waals surface area (Å²) in [7, 11) is 3.08. The van der Waals surface area contributed by atoms with Gasteiger partial charge < -0.3 is 24.3 Å². The molecule has 176 valence electrons. The standard InChI is InChI=1S/C25H20N4O6/c1-32-7-8-34-24-11-17-16(9-23(24)33-2)25(28-14-27-17)29-18-10-20(31)22(12-19(18)30)35-21-6-4-3-5-15(21)13-26/h3-6,9-12,14H,7-8H2,1-2H3,(H,27,28,29). The molecule has 0 fully saturated rings. The summed E-state index contributed by atoms with van der Waals surface area (Å²) in [6.45, 7) is 0.733. The summed E-state index contributed by atoms with van der Waals surface area (Å²) < 4.78 is 21.7. The van der Waals surface area contributed by atoms with Gasteiger partial charge in [-0.25, -0.2) is 9.97 Å². The molecule has 1 aliphatic carbocycles. The molecule has 3 aromatic rings. The number of hydrogen-bond donors (Lipinski definition) is 1. The van der Waals surface area contributed by atoms with E-state index in [1.54, 1.807) is 43.5 Å². The van der Waals surface area contributed by atoms with Gasteiger partial charge in [0.15, 0.2) is 17.3 Å². The van der Waals surface area contributed by atoms with Crippen LogP contribution in [0.4, 0.5) is 5.82 Å². The van der Waals surface area contributed by atoms with E-state index < -0.39 is 11.6 Å². The Morgan fingerprint density at radius 3 is 2.57 bits per heavy atom. The number of carbonyl (C=O) groups excluding carboxylic acids is 2. The molecule has 1 N–H and O–H groups in total. The molecule has 0 amide bonds. The van der Waals surface area contributed by atoms with Crippen molar-refractivity contribution in [3.05, 3.63) is 71.9 Å². The average molecular weight is 472 g/mol. The van der Waals surface area contributed by atoms with Crippen molar-refractivity contribution >= 4 is 28.3 Å². The van der Waals surface area contributed by atoms with Crippen LogP contribution in [0.2, 0.25) is 0 Å². The lowest BCUT2D eigenvalue weighted by molar-refractivity contribution is -0.116. The zero-order valence-electron chi connectivity index (χ0n) is 18.9. The number of nitrogens with zero attached hydrogens (tertiary/aromatic N) is 3. The van der Waals surface area contributed by atoms with Gasteiger partial charge in [0.1, 0.15) is 30.6 Å². The topological polar surface area (TPSA) is 133 Å². The van der Waals surface area contributed by atoms with Crippen molar-refractivity contribution in [3.63, 3.8) is 0 Å². The summed E-state index contributed by atoms with van der Waals surface area (Å²) in [5.74, 6) is 0.194. The molecule has 0 spiro atoms. The Balaban J connectivity index is 1.58. The molecule has 10 heteroatoms. The smallest absolute Gasteiger partial charge is 0.223 e. The maximum absolute atomic E-state index is 12.8. The minimum absolute atomic E-state index is 0.00954. The molecule has 0 bridgehead atoms.